The zero-order valence-corrected chi connectivity index (χ0v) is 31.7. The Morgan fingerprint density at radius 2 is 1.07 bits per heavy atom. The molecule has 0 unspecified atom stereocenters. The molecule has 0 amide bonds. The Balaban J connectivity index is 1.24. The quantitative estimate of drug-likeness (QED) is 0.169. The SMILES string of the molecule is CC1(C)c2ccccc2N(c2cc(-c3cccc4c3Oc3ccccc3[Si]4(c3ccccc3)c3ccccc3)c3oc4ccccc4c3c2)c2ccccc21. The zero-order valence-electron chi connectivity index (χ0n) is 30.7. The van der Waals surface area contributed by atoms with Crippen LogP contribution < -0.4 is 30.4 Å². The molecule has 0 N–H and O–H groups in total. The van der Waals surface area contributed by atoms with Crippen LogP contribution in [0.3, 0.4) is 0 Å². The first kappa shape index (κ1) is 31.9. The van der Waals surface area contributed by atoms with Gasteiger partial charge in [-0.25, -0.2) is 0 Å². The van der Waals surface area contributed by atoms with Gasteiger partial charge in [0.1, 0.15) is 22.7 Å². The van der Waals surface area contributed by atoms with Gasteiger partial charge in [0.25, 0.3) is 0 Å². The molecule has 3 heterocycles. The number of anilines is 3. The van der Waals surface area contributed by atoms with E-state index >= 15 is 0 Å². The monoisotopic (exact) mass is 723 g/mol. The third-order valence-corrected chi connectivity index (χ3v) is 16.8. The maximum atomic E-state index is 7.19. The molecule has 0 fully saturated rings. The molecule has 0 saturated carbocycles. The second-order valence-corrected chi connectivity index (χ2v) is 19.0. The van der Waals surface area contributed by atoms with Crippen molar-refractivity contribution in [1.29, 1.82) is 0 Å². The van der Waals surface area contributed by atoms with E-state index in [-0.39, 0.29) is 5.41 Å². The number of nitrogens with zero attached hydrogens (tertiary/aromatic N) is 1. The number of rotatable bonds is 4. The Labute approximate surface area is 321 Å². The molecule has 1 aromatic heterocycles. The van der Waals surface area contributed by atoms with E-state index in [0.29, 0.717) is 0 Å². The van der Waals surface area contributed by atoms with Crippen LogP contribution in [0.5, 0.6) is 11.5 Å². The fourth-order valence-electron chi connectivity index (χ4n) is 9.53. The van der Waals surface area contributed by atoms with E-state index in [9.17, 15) is 0 Å². The van der Waals surface area contributed by atoms with Crippen molar-refractivity contribution >= 4 is 67.8 Å². The van der Waals surface area contributed by atoms with Crippen LogP contribution in [0.15, 0.2) is 192 Å². The van der Waals surface area contributed by atoms with E-state index in [2.05, 4.69) is 207 Å². The van der Waals surface area contributed by atoms with Crippen molar-refractivity contribution < 1.29 is 9.15 Å². The summed E-state index contributed by atoms with van der Waals surface area (Å²) in [5.74, 6) is 1.79. The highest BCUT2D eigenvalue weighted by atomic mass is 28.3. The highest BCUT2D eigenvalue weighted by Gasteiger charge is 2.48. The molecule has 9 aromatic rings. The Hall–Kier alpha value is -6.62. The average molecular weight is 724 g/mol. The van der Waals surface area contributed by atoms with Crippen molar-refractivity contribution in [2.45, 2.75) is 19.3 Å². The van der Waals surface area contributed by atoms with Crippen molar-refractivity contribution in [2.75, 3.05) is 4.90 Å². The molecule has 262 valence electrons. The minimum Gasteiger partial charge on any atom is -0.457 e. The summed E-state index contributed by atoms with van der Waals surface area (Å²) in [6.07, 6.45) is 0. The van der Waals surface area contributed by atoms with E-state index in [4.69, 9.17) is 9.15 Å². The van der Waals surface area contributed by atoms with E-state index in [0.717, 1.165) is 50.3 Å². The number of ether oxygens (including phenoxy) is 1. The summed E-state index contributed by atoms with van der Waals surface area (Å²) in [6.45, 7) is 4.67. The summed E-state index contributed by atoms with van der Waals surface area (Å²) >= 11 is 0. The predicted octanol–water partition coefficient (Wildman–Crippen LogP) is 10.8. The van der Waals surface area contributed by atoms with Gasteiger partial charge in [-0.15, -0.1) is 0 Å². The molecule has 11 rings (SSSR count). The first-order chi connectivity index (χ1) is 27.0. The Bertz CT molecular complexity index is 2860. The lowest BCUT2D eigenvalue weighted by Gasteiger charge is -2.42. The molecule has 2 aliphatic heterocycles. The highest BCUT2D eigenvalue weighted by Crippen LogP contribution is 2.53. The Morgan fingerprint density at radius 1 is 0.491 bits per heavy atom. The normalized spacial score (nSPS) is 14.8. The van der Waals surface area contributed by atoms with Crippen molar-refractivity contribution in [3.05, 3.63) is 199 Å². The number of para-hydroxylation sites is 5. The lowest BCUT2D eigenvalue weighted by Crippen LogP contribution is -2.76. The molecule has 3 nitrogen and oxygen atoms in total. The van der Waals surface area contributed by atoms with Crippen molar-refractivity contribution in [1.82, 2.24) is 0 Å². The van der Waals surface area contributed by atoms with Gasteiger partial charge in [-0.1, -0.05) is 166 Å². The maximum Gasteiger partial charge on any atom is 0.188 e. The molecule has 0 atom stereocenters. The summed E-state index contributed by atoms with van der Waals surface area (Å²) in [4.78, 5) is 2.44. The van der Waals surface area contributed by atoms with Crippen LogP contribution >= 0.6 is 0 Å². The maximum absolute atomic E-state index is 7.19. The molecule has 8 aromatic carbocycles. The smallest absolute Gasteiger partial charge is 0.188 e. The van der Waals surface area contributed by atoms with Gasteiger partial charge in [0.15, 0.2) is 8.07 Å². The summed E-state index contributed by atoms with van der Waals surface area (Å²) in [6, 6.07) is 68.3. The summed E-state index contributed by atoms with van der Waals surface area (Å²) < 4.78 is 14.1. The van der Waals surface area contributed by atoms with Crippen LogP contribution in [0.25, 0.3) is 33.1 Å². The van der Waals surface area contributed by atoms with Crippen LogP contribution in [0.2, 0.25) is 0 Å². The molecule has 4 heteroatoms. The van der Waals surface area contributed by atoms with E-state index < -0.39 is 8.07 Å². The largest absolute Gasteiger partial charge is 0.457 e. The molecule has 0 bridgehead atoms. The summed E-state index contributed by atoms with van der Waals surface area (Å²) in [7, 11) is -2.86. The van der Waals surface area contributed by atoms with E-state index in [1.807, 2.05) is 0 Å². The van der Waals surface area contributed by atoms with Crippen molar-refractivity contribution in [3.63, 3.8) is 0 Å². The van der Waals surface area contributed by atoms with Crippen LogP contribution in [0.1, 0.15) is 25.0 Å². The van der Waals surface area contributed by atoms with Gasteiger partial charge in [-0.05, 0) is 68.3 Å². The Morgan fingerprint density at radius 3 is 1.78 bits per heavy atom. The fourth-order valence-corrected chi connectivity index (χ4v) is 14.5. The number of hydrogen-bond acceptors (Lipinski definition) is 3. The number of furan rings is 1. The third-order valence-electron chi connectivity index (χ3n) is 12.0. The van der Waals surface area contributed by atoms with E-state index in [1.54, 1.807) is 0 Å². The van der Waals surface area contributed by atoms with Crippen LogP contribution in [-0.2, 0) is 5.41 Å². The lowest BCUT2D eigenvalue weighted by atomic mass is 9.73. The van der Waals surface area contributed by atoms with Crippen LogP contribution in [-0.4, -0.2) is 8.07 Å². The predicted molar refractivity (Wildman–Crippen MR) is 230 cm³/mol. The van der Waals surface area contributed by atoms with E-state index in [1.165, 1.54) is 43.2 Å². The molecule has 0 aliphatic carbocycles. The molecule has 0 radical (unpaired) electrons. The van der Waals surface area contributed by atoms with Gasteiger partial charge in [-0.3, -0.25) is 0 Å². The second kappa shape index (κ2) is 11.9. The van der Waals surface area contributed by atoms with Gasteiger partial charge in [0.05, 0.1) is 11.4 Å². The first-order valence-corrected chi connectivity index (χ1v) is 21.0. The second-order valence-electron chi connectivity index (χ2n) is 15.2. The van der Waals surface area contributed by atoms with Crippen LogP contribution in [0, 0.1) is 0 Å². The molecular weight excluding hydrogens is 687 g/mol. The van der Waals surface area contributed by atoms with Crippen molar-refractivity contribution in [2.24, 2.45) is 0 Å². The number of hydrogen-bond donors (Lipinski definition) is 0. The van der Waals surface area contributed by atoms with Crippen LogP contribution in [0.4, 0.5) is 17.1 Å². The van der Waals surface area contributed by atoms with Gasteiger partial charge >= 0.3 is 0 Å². The minimum atomic E-state index is -2.86. The first-order valence-electron chi connectivity index (χ1n) is 19.0. The van der Waals surface area contributed by atoms with Gasteiger partial charge < -0.3 is 14.1 Å². The van der Waals surface area contributed by atoms with Gasteiger partial charge in [0.2, 0.25) is 0 Å². The lowest BCUT2D eigenvalue weighted by molar-refractivity contribution is 0.489. The average Bonchev–Trinajstić information content (AvgIpc) is 3.62. The number of benzene rings is 8. The Kier molecular flexibility index (Phi) is 6.92. The zero-order chi connectivity index (χ0) is 36.7. The third kappa shape index (κ3) is 4.49. The van der Waals surface area contributed by atoms with Gasteiger partial charge in [-0.2, -0.15) is 0 Å². The highest BCUT2D eigenvalue weighted by molar-refractivity contribution is 7.20. The molecule has 0 spiro atoms. The van der Waals surface area contributed by atoms with Crippen molar-refractivity contribution in [3.8, 4) is 22.6 Å². The standard InChI is InChI=1S/C51H37NO2Si/c1-51(2)41-24-10-12-26-43(41)52(44-27-13-11-25-42(44)51)34-32-39-37-22-9-14-28-45(37)53-49(39)40(33-34)38-23-17-31-48-50(38)54-46-29-15-16-30-47(46)55(48,35-18-5-3-6-19-35)36-20-7-4-8-21-36/h3-33H,1-2H3. The van der Waals surface area contributed by atoms with Gasteiger partial charge in [0, 0.05) is 33.0 Å². The summed E-state index contributed by atoms with van der Waals surface area (Å²) in [5.41, 5.74) is 9.61. The molecule has 2 aliphatic rings. The number of fused-ring (bicyclic) bond motifs is 7. The minimum absolute atomic E-state index is 0.165. The topological polar surface area (TPSA) is 25.6 Å². The molecule has 55 heavy (non-hydrogen) atoms. The fraction of sp³-hybridized carbons (Fsp3) is 0.0588. The molecular formula is C51H37NO2Si. The molecule has 0 saturated heterocycles. The summed E-state index contributed by atoms with van der Waals surface area (Å²) in [5, 5.41) is 7.29.